The fourth-order valence-electron chi connectivity index (χ4n) is 1.26. The highest BCUT2D eigenvalue weighted by atomic mass is 32.2. The van der Waals surface area contributed by atoms with E-state index in [1.165, 1.54) is 6.92 Å². The van der Waals surface area contributed by atoms with Gasteiger partial charge in [-0.1, -0.05) is 13.8 Å². The summed E-state index contributed by atoms with van der Waals surface area (Å²) in [5.41, 5.74) is 4.84. The summed E-state index contributed by atoms with van der Waals surface area (Å²) in [6.45, 7) is 9.03. The molecule has 0 aromatic carbocycles. The van der Waals surface area contributed by atoms with E-state index in [2.05, 4.69) is 5.32 Å². The van der Waals surface area contributed by atoms with E-state index in [4.69, 9.17) is 5.73 Å². The van der Waals surface area contributed by atoms with Crippen LogP contribution < -0.4 is 11.1 Å². The average Bonchev–Trinajstić information content (AvgIpc) is 2.08. The van der Waals surface area contributed by atoms with E-state index in [1.54, 1.807) is 13.8 Å². The molecule has 0 heterocycles. The molecule has 0 aliphatic heterocycles. The van der Waals surface area contributed by atoms with Gasteiger partial charge in [0.05, 0.1) is 5.75 Å². The van der Waals surface area contributed by atoms with Gasteiger partial charge in [-0.25, -0.2) is 8.42 Å². The smallest absolute Gasteiger partial charge is 0.238 e. The Kier molecular flexibility index (Phi) is 5.61. The van der Waals surface area contributed by atoms with Gasteiger partial charge in [-0.3, -0.25) is 4.79 Å². The van der Waals surface area contributed by atoms with Crippen molar-refractivity contribution in [2.75, 3.05) is 12.3 Å². The standard InChI is InChI=1S/C11H24N2O3S/c1-8(2)6-13-10(14)9(3)17(15,16)7-11(4,5)12/h8-9H,6-7,12H2,1-5H3,(H,13,14). The van der Waals surface area contributed by atoms with Crippen molar-refractivity contribution in [1.29, 1.82) is 0 Å². The van der Waals surface area contributed by atoms with Crippen LogP contribution in [0.3, 0.4) is 0 Å². The van der Waals surface area contributed by atoms with Crippen molar-refractivity contribution in [2.24, 2.45) is 11.7 Å². The third kappa shape index (κ3) is 6.63. The molecule has 0 rings (SSSR count). The fraction of sp³-hybridized carbons (Fsp3) is 0.909. The van der Waals surface area contributed by atoms with E-state index in [0.29, 0.717) is 12.5 Å². The lowest BCUT2D eigenvalue weighted by atomic mass is 10.1. The predicted molar refractivity (Wildman–Crippen MR) is 69.4 cm³/mol. The van der Waals surface area contributed by atoms with Crippen molar-refractivity contribution in [3.63, 3.8) is 0 Å². The molecule has 6 heteroatoms. The lowest BCUT2D eigenvalue weighted by Crippen LogP contribution is -2.47. The number of carbonyl (C=O) groups excluding carboxylic acids is 1. The average molecular weight is 264 g/mol. The van der Waals surface area contributed by atoms with Crippen molar-refractivity contribution in [1.82, 2.24) is 5.32 Å². The summed E-state index contributed by atoms with van der Waals surface area (Å²) in [6.07, 6.45) is 0. The third-order valence-electron chi connectivity index (χ3n) is 2.17. The number of rotatable bonds is 6. The Hall–Kier alpha value is -0.620. The number of nitrogens with one attached hydrogen (secondary N) is 1. The van der Waals surface area contributed by atoms with E-state index in [0.717, 1.165) is 0 Å². The van der Waals surface area contributed by atoms with Crippen molar-refractivity contribution < 1.29 is 13.2 Å². The molecule has 0 aliphatic carbocycles. The Morgan fingerprint density at radius 1 is 1.29 bits per heavy atom. The van der Waals surface area contributed by atoms with Crippen LogP contribution in [-0.2, 0) is 14.6 Å². The highest BCUT2D eigenvalue weighted by Crippen LogP contribution is 2.09. The Morgan fingerprint density at radius 2 is 1.76 bits per heavy atom. The predicted octanol–water partition coefficient (Wildman–Crippen LogP) is 0.299. The quantitative estimate of drug-likeness (QED) is 0.722. The molecule has 102 valence electrons. The monoisotopic (exact) mass is 264 g/mol. The number of hydrogen-bond donors (Lipinski definition) is 2. The topological polar surface area (TPSA) is 89.3 Å². The molecule has 0 saturated heterocycles. The third-order valence-corrected chi connectivity index (χ3v) is 4.60. The first kappa shape index (κ1) is 16.4. The maximum atomic E-state index is 11.9. The molecule has 0 bridgehead atoms. The molecule has 1 amide bonds. The molecule has 5 nitrogen and oxygen atoms in total. The van der Waals surface area contributed by atoms with Crippen molar-refractivity contribution in [3.05, 3.63) is 0 Å². The highest BCUT2D eigenvalue weighted by molar-refractivity contribution is 7.92. The number of amides is 1. The molecular weight excluding hydrogens is 240 g/mol. The summed E-state index contributed by atoms with van der Waals surface area (Å²) in [7, 11) is -3.50. The van der Waals surface area contributed by atoms with Gasteiger partial charge in [-0.05, 0) is 26.7 Å². The molecular formula is C11H24N2O3S. The zero-order valence-corrected chi connectivity index (χ0v) is 12.1. The van der Waals surface area contributed by atoms with Gasteiger partial charge in [0.1, 0.15) is 5.25 Å². The minimum atomic E-state index is -3.50. The molecule has 0 aromatic heterocycles. The van der Waals surface area contributed by atoms with E-state index in [9.17, 15) is 13.2 Å². The molecule has 0 fully saturated rings. The van der Waals surface area contributed by atoms with Crippen LogP contribution in [0.5, 0.6) is 0 Å². The van der Waals surface area contributed by atoms with E-state index in [1.807, 2.05) is 13.8 Å². The summed E-state index contributed by atoms with van der Waals surface area (Å²) < 4.78 is 23.8. The summed E-state index contributed by atoms with van der Waals surface area (Å²) in [5, 5.41) is 1.56. The Labute approximate surface area is 104 Å². The first-order chi connectivity index (χ1) is 7.46. The summed E-state index contributed by atoms with van der Waals surface area (Å²) in [4.78, 5) is 11.6. The largest absolute Gasteiger partial charge is 0.355 e. The Morgan fingerprint density at radius 3 is 2.12 bits per heavy atom. The second kappa shape index (κ2) is 5.82. The molecule has 1 unspecified atom stereocenters. The maximum Gasteiger partial charge on any atom is 0.238 e. The fourth-order valence-corrected chi connectivity index (χ4v) is 2.95. The zero-order valence-electron chi connectivity index (χ0n) is 11.3. The van der Waals surface area contributed by atoms with Gasteiger partial charge in [-0.2, -0.15) is 0 Å². The van der Waals surface area contributed by atoms with E-state index in [-0.39, 0.29) is 5.75 Å². The van der Waals surface area contributed by atoms with Crippen LogP contribution in [0.25, 0.3) is 0 Å². The number of hydrogen-bond acceptors (Lipinski definition) is 4. The maximum absolute atomic E-state index is 11.9. The van der Waals surface area contributed by atoms with Gasteiger partial charge in [0.2, 0.25) is 5.91 Å². The van der Waals surface area contributed by atoms with Gasteiger partial charge >= 0.3 is 0 Å². The molecule has 0 aromatic rings. The molecule has 0 aliphatic rings. The highest BCUT2D eigenvalue weighted by Gasteiger charge is 2.32. The molecule has 0 saturated carbocycles. The molecule has 1 atom stereocenters. The van der Waals surface area contributed by atoms with E-state index < -0.39 is 26.5 Å². The van der Waals surface area contributed by atoms with Crippen molar-refractivity contribution in [3.8, 4) is 0 Å². The number of carbonyl (C=O) groups is 1. The summed E-state index contributed by atoms with van der Waals surface area (Å²) >= 11 is 0. The number of sulfone groups is 1. The first-order valence-corrected chi connectivity index (χ1v) is 7.45. The van der Waals surface area contributed by atoms with Crippen molar-refractivity contribution in [2.45, 2.75) is 45.4 Å². The normalized spacial score (nSPS) is 14.8. The minimum absolute atomic E-state index is 0.198. The lowest BCUT2D eigenvalue weighted by Gasteiger charge is -2.21. The molecule has 17 heavy (non-hydrogen) atoms. The minimum Gasteiger partial charge on any atom is -0.355 e. The van der Waals surface area contributed by atoms with Gasteiger partial charge in [0, 0.05) is 12.1 Å². The first-order valence-electron chi connectivity index (χ1n) is 5.74. The molecule has 0 radical (unpaired) electrons. The lowest BCUT2D eigenvalue weighted by molar-refractivity contribution is -0.120. The van der Waals surface area contributed by atoms with Gasteiger partial charge in [0.25, 0.3) is 0 Å². The number of nitrogens with two attached hydrogens (primary N) is 1. The van der Waals surface area contributed by atoms with Crippen LogP contribution in [0, 0.1) is 5.92 Å². The van der Waals surface area contributed by atoms with E-state index >= 15 is 0 Å². The zero-order chi connectivity index (χ0) is 13.9. The summed E-state index contributed by atoms with van der Waals surface area (Å²) in [5.74, 6) is -0.362. The van der Waals surface area contributed by atoms with Crippen LogP contribution >= 0.6 is 0 Å². The van der Waals surface area contributed by atoms with Crippen LogP contribution in [0.1, 0.15) is 34.6 Å². The van der Waals surface area contributed by atoms with Gasteiger partial charge < -0.3 is 11.1 Å². The SMILES string of the molecule is CC(C)CNC(=O)C(C)S(=O)(=O)CC(C)(C)N. The Balaban J connectivity index is 4.58. The van der Waals surface area contributed by atoms with Crippen molar-refractivity contribution >= 4 is 15.7 Å². The van der Waals surface area contributed by atoms with Gasteiger partial charge in [0.15, 0.2) is 9.84 Å². The Bertz CT molecular complexity index is 355. The van der Waals surface area contributed by atoms with Crippen LogP contribution in [0.4, 0.5) is 0 Å². The van der Waals surface area contributed by atoms with Gasteiger partial charge in [-0.15, -0.1) is 0 Å². The van der Waals surface area contributed by atoms with Crippen LogP contribution in [-0.4, -0.2) is 37.4 Å². The summed E-state index contributed by atoms with van der Waals surface area (Å²) in [6, 6.07) is 0. The second-order valence-corrected chi connectivity index (χ2v) is 7.90. The molecule has 3 N–H and O–H groups in total. The van der Waals surface area contributed by atoms with Crippen LogP contribution in [0.2, 0.25) is 0 Å². The molecule has 0 spiro atoms. The van der Waals surface area contributed by atoms with Crippen LogP contribution in [0.15, 0.2) is 0 Å². The second-order valence-electron chi connectivity index (χ2n) is 5.58.